The zero-order valence-electron chi connectivity index (χ0n) is 17.5. The van der Waals surface area contributed by atoms with Crippen LogP contribution < -0.4 is 10.6 Å². The van der Waals surface area contributed by atoms with E-state index in [0.29, 0.717) is 17.2 Å². The molecule has 0 aliphatic rings. The van der Waals surface area contributed by atoms with E-state index in [1.165, 1.54) is 5.56 Å². The summed E-state index contributed by atoms with van der Waals surface area (Å²) >= 11 is 0. The average molecular weight is 409 g/mol. The lowest BCUT2D eigenvalue weighted by atomic mass is 10.1. The summed E-state index contributed by atoms with van der Waals surface area (Å²) in [6.45, 7) is 4.03. The Morgan fingerprint density at radius 1 is 0.903 bits per heavy atom. The summed E-state index contributed by atoms with van der Waals surface area (Å²) in [5.41, 5.74) is 4.59. The lowest BCUT2D eigenvalue weighted by Gasteiger charge is -2.15. The minimum atomic E-state index is -0.121. The molecule has 0 aliphatic heterocycles. The topological polar surface area (TPSA) is 66.9 Å². The van der Waals surface area contributed by atoms with Gasteiger partial charge in [-0.15, -0.1) is 0 Å². The molecule has 1 aromatic heterocycles. The predicted molar refractivity (Wildman–Crippen MR) is 124 cm³/mol. The Balaban J connectivity index is 1.47. The molecule has 0 fully saturated rings. The number of rotatable bonds is 6. The molecule has 1 unspecified atom stereocenters. The molecule has 0 bridgehead atoms. The van der Waals surface area contributed by atoms with Crippen molar-refractivity contribution in [3.05, 3.63) is 108 Å². The van der Waals surface area contributed by atoms with Crippen molar-refractivity contribution in [3.8, 4) is 11.4 Å². The summed E-state index contributed by atoms with van der Waals surface area (Å²) in [6.07, 6.45) is 1.72. The lowest BCUT2D eigenvalue weighted by molar-refractivity contribution is 0.0940. The summed E-state index contributed by atoms with van der Waals surface area (Å²) in [4.78, 5) is 21.7. The summed E-state index contributed by atoms with van der Waals surface area (Å²) in [5, 5.41) is 6.33. The number of aryl methyl sites for hydroxylation is 1. The molecule has 2 N–H and O–H groups in total. The van der Waals surface area contributed by atoms with Gasteiger partial charge in [-0.1, -0.05) is 66.2 Å². The highest BCUT2D eigenvalue weighted by Crippen LogP contribution is 2.20. The van der Waals surface area contributed by atoms with E-state index in [-0.39, 0.29) is 11.9 Å². The van der Waals surface area contributed by atoms with Crippen LogP contribution in [0.1, 0.15) is 34.5 Å². The number of nitrogens with one attached hydrogen (secondary N) is 2. The van der Waals surface area contributed by atoms with Crippen LogP contribution in [0.4, 0.5) is 11.5 Å². The Kier molecular flexibility index (Phi) is 6.03. The summed E-state index contributed by atoms with van der Waals surface area (Å²) < 4.78 is 0. The predicted octanol–water partition coefficient (Wildman–Crippen LogP) is 5.69. The second kappa shape index (κ2) is 9.22. The Bertz CT molecular complexity index is 1170. The van der Waals surface area contributed by atoms with Crippen LogP contribution in [-0.2, 0) is 0 Å². The highest BCUT2D eigenvalue weighted by molar-refractivity contribution is 5.95. The van der Waals surface area contributed by atoms with E-state index in [1.54, 1.807) is 18.3 Å². The molecule has 3 aromatic carbocycles. The van der Waals surface area contributed by atoms with Gasteiger partial charge in [-0.3, -0.25) is 4.79 Å². The standard InChI is InChI=1S/C26H24N4O/c1-18-11-13-20(14-12-18)19(2)28-26(31)22-9-6-10-23(17-22)29-24-15-16-27-25(30-24)21-7-4-3-5-8-21/h3-17,19H,1-2H3,(H,28,31)(H,27,29,30). The lowest BCUT2D eigenvalue weighted by Crippen LogP contribution is -2.26. The van der Waals surface area contributed by atoms with Crippen LogP contribution in [0.3, 0.4) is 0 Å². The second-order valence-electron chi connectivity index (χ2n) is 7.44. The van der Waals surface area contributed by atoms with Gasteiger partial charge in [0.15, 0.2) is 5.82 Å². The third-order valence-corrected chi connectivity index (χ3v) is 5.01. The molecule has 1 heterocycles. The van der Waals surface area contributed by atoms with Gasteiger partial charge >= 0.3 is 0 Å². The molecule has 4 aromatic rings. The van der Waals surface area contributed by atoms with Crippen molar-refractivity contribution in [1.82, 2.24) is 15.3 Å². The van der Waals surface area contributed by atoms with Gasteiger partial charge < -0.3 is 10.6 Å². The molecule has 31 heavy (non-hydrogen) atoms. The first-order valence-electron chi connectivity index (χ1n) is 10.2. The maximum Gasteiger partial charge on any atom is 0.251 e. The van der Waals surface area contributed by atoms with Crippen molar-refractivity contribution in [2.45, 2.75) is 19.9 Å². The van der Waals surface area contributed by atoms with Gasteiger partial charge in [0.05, 0.1) is 6.04 Å². The quantitative estimate of drug-likeness (QED) is 0.430. The van der Waals surface area contributed by atoms with Crippen molar-refractivity contribution in [3.63, 3.8) is 0 Å². The molecule has 0 saturated carbocycles. The van der Waals surface area contributed by atoms with Crippen molar-refractivity contribution in [1.29, 1.82) is 0 Å². The molecule has 154 valence electrons. The second-order valence-corrected chi connectivity index (χ2v) is 7.44. The summed E-state index contributed by atoms with van der Waals surface area (Å²) in [6, 6.07) is 27.1. The van der Waals surface area contributed by atoms with Crippen molar-refractivity contribution in [2.24, 2.45) is 0 Å². The Hall–Kier alpha value is -3.99. The maximum atomic E-state index is 12.8. The van der Waals surface area contributed by atoms with Crippen LogP contribution >= 0.6 is 0 Å². The zero-order valence-corrected chi connectivity index (χ0v) is 17.5. The normalized spacial score (nSPS) is 11.5. The number of nitrogens with zero attached hydrogens (tertiary/aromatic N) is 2. The van der Waals surface area contributed by atoms with E-state index in [9.17, 15) is 4.79 Å². The molecule has 5 nitrogen and oxygen atoms in total. The smallest absolute Gasteiger partial charge is 0.251 e. The van der Waals surface area contributed by atoms with E-state index >= 15 is 0 Å². The van der Waals surface area contributed by atoms with Crippen molar-refractivity contribution >= 4 is 17.4 Å². The van der Waals surface area contributed by atoms with Gasteiger partial charge in [-0.05, 0) is 43.7 Å². The molecular formula is C26H24N4O. The maximum absolute atomic E-state index is 12.8. The molecule has 0 aliphatic carbocycles. The highest BCUT2D eigenvalue weighted by Gasteiger charge is 2.12. The van der Waals surface area contributed by atoms with Crippen molar-refractivity contribution < 1.29 is 4.79 Å². The van der Waals surface area contributed by atoms with Gasteiger partial charge in [0.1, 0.15) is 5.82 Å². The first kappa shape index (κ1) is 20.3. The van der Waals surface area contributed by atoms with Gasteiger partial charge in [0.25, 0.3) is 5.91 Å². The molecule has 1 atom stereocenters. The number of anilines is 2. The number of aromatic nitrogens is 2. The molecule has 0 saturated heterocycles. The molecular weight excluding hydrogens is 384 g/mol. The van der Waals surface area contributed by atoms with Crippen LogP contribution in [0.2, 0.25) is 0 Å². The van der Waals surface area contributed by atoms with Crippen LogP contribution in [0.25, 0.3) is 11.4 Å². The minimum absolute atomic E-state index is 0.0833. The fourth-order valence-corrected chi connectivity index (χ4v) is 3.26. The third kappa shape index (κ3) is 5.14. The SMILES string of the molecule is Cc1ccc(C(C)NC(=O)c2cccc(Nc3ccnc(-c4ccccc4)n3)c2)cc1. The van der Waals surface area contributed by atoms with Gasteiger partial charge in [-0.2, -0.15) is 0 Å². The Morgan fingerprint density at radius 2 is 1.68 bits per heavy atom. The van der Waals surface area contributed by atoms with Crippen LogP contribution in [0.15, 0.2) is 91.1 Å². The number of benzene rings is 3. The van der Waals surface area contributed by atoms with Crippen LogP contribution in [0, 0.1) is 6.92 Å². The van der Waals surface area contributed by atoms with Crippen molar-refractivity contribution in [2.75, 3.05) is 5.32 Å². The number of hydrogen-bond acceptors (Lipinski definition) is 4. The fraction of sp³-hybridized carbons (Fsp3) is 0.115. The number of carbonyl (C=O) groups is 1. The molecule has 0 spiro atoms. The molecule has 5 heteroatoms. The third-order valence-electron chi connectivity index (χ3n) is 5.01. The largest absolute Gasteiger partial charge is 0.346 e. The summed E-state index contributed by atoms with van der Waals surface area (Å²) in [7, 11) is 0. The number of hydrogen-bond donors (Lipinski definition) is 2. The zero-order chi connectivity index (χ0) is 21.6. The van der Waals surface area contributed by atoms with E-state index in [2.05, 4.69) is 20.6 Å². The molecule has 4 rings (SSSR count). The van der Waals surface area contributed by atoms with E-state index in [4.69, 9.17) is 0 Å². The number of carbonyl (C=O) groups excluding carboxylic acids is 1. The van der Waals surface area contributed by atoms with Crippen LogP contribution in [-0.4, -0.2) is 15.9 Å². The Morgan fingerprint density at radius 3 is 2.45 bits per heavy atom. The minimum Gasteiger partial charge on any atom is -0.346 e. The van der Waals surface area contributed by atoms with Crippen LogP contribution in [0.5, 0.6) is 0 Å². The van der Waals surface area contributed by atoms with E-state index < -0.39 is 0 Å². The monoisotopic (exact) mass is 408 g/mol. The summed E-state index contributed by atoms with van der Waals surface area (Å²) in [5.74, 6) is 1.19. The van der Waals surface area contributed by atoms with Gasteiger partial charge in [0, 0.05) is 23.0 Å². The fourth-order valence-electron chi connectivity index (χ4n) is 3.26. The highest BCUT2D eigenvalue weighted by atomic mass is 16.1. The first-order chi connectivity index (χ1) is 15.1. The Labute approximate surface area is 182 Å². The van der Waals surface area contributed by atoms with E-state index in [0.717, 1.165) is 16.8 Å². The van der Waals surface area contributed by atoms with Gasteiger partial charge in [0.2, 0.25) is 0 Å². The first-order valence-corrected chi connectivity index (χ1v) is 10.2. The number of amides is 1. The molecule has 0 radical (unpaired) electrons. The van der Waals surface area contributed by atoms with Gasteiger partial charge in [-0.25, -0.2) is 9.97 Å². The van der Waals surface area contributed by atoms with E-state index in [1.807, 2.05) is 86.6 Å². The average Bonchev–Trinajstić information content (AvgIpc) is 2.80. The molecule has 1 amide bonds.